The molecule has 0 aliphatic carbocycles. The minimum absolute atomic E-state index is 0.126. The molecule has 4 aromatic rings. The number of carbonyl (C=O) groups is 1. The van der Waals surface area contributed by atoms with Crippen molar-refractivity contribution in [1.29, 1.82) is 0 Å². The van der Waals surface area contributed by atoms with Crippen molar-refractivity contribution in [2.24, 2.45) is 12.1 Å². The SMILES string of the molecule is COc1ccc(-c2nnc(SCC(=O)N/N=C/c3cccn3C)n2-c2ccccc2)cc1OC. The van der Waals surface area contributed by atoms with Crippen LogP contribution in [0.15, 0.2) is 77.1 Å². The number of hydrazone groups is 1. The Morgan fingerprint density at radius 3 is 2.56 bits per heavy atom. The number of rotatable bonds is 9. The summed E-state index contributed by atoms with van der Waals surface area (Å²) in [6.45, 7) is 0. The Bertz CT molecular complexity index is 1300. The van der Waals surface area contributed by atoms with Crippen LogP contribution in [0.4, 0.5) is 0 Å². The lowest BCUT2D eigenvalue weighted by Crippen LogP contribution is -2.20. The molecule has 4 rings (SSSR count). The van der Waals surface area contributed by atoms with E-state index >= 15 is 0 Å². The average Bonchev–Trinajstić information content (AvgIpc) is 3.48. The first-order valence-corrected chi connectivity index (χ1v) is 11.4. The van der Waals surface area contributed by atoms with Gasteiger partial charge in [-0.2, -0.15) is 5.10 Å². The van der Waals surface area contributed by atoms with Gasteiger partial charge in [-0.1, -0.05) is 30.0 Å². The van der Waals surface area contributed by atoms with Crippen LogP contribution in [-0.4, -0.2) is 51.4 Å². The van der Waals surface area contributed by atoms with Gasteiger partial charge in [-0.25, -0.2) is 5.43 Å². The number of methoxy groups -OCH3 is 2. The largest absolute Gasteiger partial charge is 0.493 e. The minimum atomic E-state index is -0.245. The zero-order valence-corrected chi connectivity index (χ0v) is 19.8. The highest BCUT2D eigenvalue weighted by Crippen LogP contribution is 2.34. The summed E-state index contributed by atoms with van der Waals surface area (Å²) in [6.07, 6.45) is 3.51. The Morgan fingerprint density at radius 1 is 1.06 bits per heavy atom. The number of hydrogen-bond donors (Lipinski definition) is 1. The Kier molecular flexibility index (Phi) is 7.28. The van der Waals surface area contributed by atoms with Crippen LogP contribution in [0.2, 0.25) is 0 Å². The van der Waals surface area contributed by atoms with Gasteiger partial charge in [0.05, 0.1) is 31.9 Å². The van der Waals surface area contributed by atoms with Crippen molar-refractivity contribution in [3.63, 3.8) is 0 Å². The molecule has 174 valence electrons. The number of hydrogen-bond acceptors (Lipinski definition) is 7. The molecule has 0 aliphatic rings. The highest BCUT2D eigenvalue weighted by atomic mass is 32.2. The number of ether oxygens (including phenoxy) is 2. The molecule has 0 unspecified atom stereocenters. The van der Waals surface area contributed by atoms with Crippen molar-refractivity contribution in [2.45, 2.75) is 5.16 Å². The van der Waals surface area contributed by atoms with Crippen molar-refractivity contribution < 1.29 is 14.3 Å². The lowest BCUT2D eigenvalue weighted by atomic mass is 10.2. The van der Waals surface area contributed by atoms with E-state index in [9.17, 15) is 4.79 Å². The summed E-state index contributed by atoms with van der Waals surface area (Å²) in [5.74, 6) is 1.72. The standard InChI is InChI=1S/C24H24N6O3S/c1-29-13-7-10-19(29)15-25-26-22(31)16-34-24-28-27-23(30(24)18-8-5-4-6-9-18)17-11-12-20(32-2)21(14-17)33-3/h4-15H,16H2,1-3H3,(H,26,31)/b25-15+. The molecule has 1 N–H and O–H groups in total. The Labute approximate surface area is 201 Å². The second-order valence-corrected chi connectivity index (χ2v) is 8.12. The van der Waals surface area contributed by atoms with Gasteiger partial charge < -0.3 is 14.0 Å². The third-order valence-electron chi connectivity index (χ3n) is 4.99. The van der Waals surface area contributed by atoms with Gasteiger partial charge in [0.1, 0.15) is 0 Å². The van der Waals surface area contributed by atoms with E-state index in [-0.39, 0.29) is 11.7 Å². The molecule has 0 spiro atoms. The maximum absolute atomic E-state index is 12.4. The van der Waals surface area contributed by atoms with Crippen molar-refractivity contribution in [1.82, 2.24) is 24.8 Å². The van der Waals surface area contributed by atoms with Crippen LogP contribution in [0, 0.1) is 0 Å². The normalized spacial score (nSPS) is 11.0. The first-order chi connectivity index (χ1) is 16.6. The maximum Gasteiger partial charge on any atom is 0.250 e. The Morgan fingerprint density at radius 2 is 1.85 bits per heavy atom. The number of thioether (sulfide) groups is 1. The van der Waals surface area contributed by atoms with Gasteiger partial charge in [0.15, 0.2) is 22.5 Å². The van der Waals surface area contributed by atoms with Crippen molar-refractivity contribution in [3.05, 3.63) is 72.6 Å². The second-order valence-electron chi connectivity index (χ2n) is 7.17. The molecule has 9 nitrogen and oxygen atoms in total. The molecule has 2 aromatic heterocycles. The minimum Gasteiger partial charge on any atom is -0.493 e. The molecule has 2 heterocycles. The molecule has 0 bridgehead atoms. The number of aromatic nitrogens is 4. The van der Waals surface area contributed by atoms with Crippen molar-refractivity contribution in [3.8, 4) is 28.6 Å². The van der Waals surface area contributed by atoms with E-state index in [4.69, 9.17) is 9.47 Å². The van der Waals surface area contributed by atoms with E-state index in [1.165, 1.54) is 11.8 Å². The summed E-state index contributed by atoms with van der Waals surface area (Å²) >= 11 is 1.28. The highest BCUT2D eigenvalue weighted by Gasteiger charge is 2.18. The van der Waals surface area contributed by atoms with Crippen LogP contribution in [0.1, 0.15) is 5.69 Å². The molecule has 0 radical (unpaired) electrons. The number of aryl methyl sites for hydroxylation is 1. The topological polar surface area (TPSA) is 95.6 Å². The Balaban J connectivity index is 1.56. The molecule has 0 atom stereocenters. The molecule has 0 saturated heterocycles. The third-order valence-corrected chi connectivity index (χ3v) is 5.92. The number of benzene rings is 2. The Hall–Kier alpha value is -4.05. The summed E-state index contributed by atoms with van der Waals surface area (Å²) in [5.41, 5.74) is 5.12. The lowest BCUT2D eigenvalue weighted by molar-refractivity contribution is -0.118. The van der Waals surface area contributed by atoms with Crippen molar-refractivity contribution >= 4 is 23.9 Å². The first-order valence-electron chi connectivity index (χ1n) is 10.4. The molecular weight excluding hydrogens is 452 g/mol. The smallest absolute Gasteiger partial charge is 0.250 e. The quantitative estimate of drug-likeness (QED) is 0.226. The predicted molar refractivity (Wildman–Crippen MR) is 132 cm³/mol. The second kappa shape index (κ2) is 10.7. The van der Waals surface area contributed by atoms with Gasteiger partial charge >= 0.3 is 0 Å². The van der Waals surface area contributed by atoms with E-state index in [0.717, 1.165) is 16.9 Å². The number of para-hydroxylation sites is 1. The van der Waals surface area contributed by atoms with Gasteiger partial charge in [0.2, 0.25) is 0 Å². The number of amides is 1. The van der Waals surface area contributed by atoms with E-state index in [1.807, 2.05) is 83.0 Å². The maximum atomic E-state index is 12.4. The first kappa shape index (κ1) is 23.1. The molecule has 10 heteroatoms. The van der Waals surface area contributed by atoms with Gasteiger partial charge in [0.25, 0.3) is 5.91 Å². The van der Waals surface area contributed by atoms with Crippen molar-refractivity contribution in [2.75, 3.05) is 20.0 Å². The number of nitrogens with zero attached hydrogens (tertiary/aromatic N) is 5. The molecule has 0 aliphatic heterocycles. The van der Waals surface area contributed by atoms with Gasteiger partial charge in [0, 0.05) is 24.5 Å². The van der Waals surface area contributed by atoms with Crippen LogP contribution in [-0.2, 0) is 11.8 Å². The average molecular weight is 477 g/mol. The fourth-order valence-corrected chi connectivity index (χ4v) is 4.02. The molecule has 2 aromatic carbocycles. The molecule has 34 heavy (non-hydrogen) atoms. The summed E-state index contributed by atoms with van der Waals surface area (Å²) in [5, 5.41) is 13.4. The van der Waals surface area contributed by atoms with Crippen LogP contribution in [0.5, 0.6) is 11.5 Å². The molecule has 1 amide bonds. The van der Waals surface area contributed by atoms with E-state index < -0.39 is 0 Å². The van der Waals surface area contributed by atoms with Gasteiger partial charge in [-0.3, -0.25) is 9.36 Å². The van der Waals surface area contributed by atoms with Crippen LogP contribution < -0.4 is 14.9 Å². The summed E-state index contributed by atoms with van der Waals surface area (Å²) < 4.78 is 14.6. The summed E-state index contributed by atoms with van der Waals surface area (Å²) in [7, 11) is 5.09. The molecule has 0 saturated carbocycles. The predicted octanol–water partition coefficient (Wildman–Crippen LogP) is 3.53. The van der Waals surface area contributed by atoms with Gasteiger partial charge in [-0.15, -0.1) is 10.2 Å². The number of carbonyl (C=O) groups excluding carboxylic acids is 1. The van der Waals surface area contributed by atoms with Crippen LogP contribution in [0.25, 0.3) is 17.1 Å². The fraction of sp³-hybridized carbons (Fsp3) is 0.167. The zero-order chi connectivity index (χ0) is 23.9. The van der Waals surface area contributed by atoms with E-state index in [0.29, 0.717) is 22.5 Å². The van der Waals surface area contributed by atoms with E-state index in [1.54, 1.807) is 20.4 Å². The third kappa shape index (κ3) is 5.12. The lowest BCUT2D eigenvalue weighted by Gasteiger charge is -2.12. The molecule has 0 fully saturated rings. The van der Waals surface area contributed by atoms with Crippen LogP contribution in [0.3, 0.4) is 0 Å². The van der Waals surface area contributed by atoms with Crippen LogP contribution >= 0.6 is 11.8 Å². The number of nitrogens with one attached hydrogen (secondary N) is 1. The molecular formula is C24H24N6O3S. The monoisotopic (exact) mass is 476 g/mol. The van der Waals surface area contributed by atoms with Gasteiger partial charge in [-0.05, 0) is 42.5 Å². The summed E-state index contributed by atoms with van der Waals surface area (Å²) in [4.78, 5) is 12.4. The van der Waals surface area contributed by atoms with E-state index in [2.05, 4.69) is 20.7 Å². The summed E-state index contributed by atoms with van der Waals surface area (Å²) in [6, 6.07) is 19.1. The fourth-order valence-electron chi connectivity index (χ4n) is 3.28. The highest BCUT2D eigenvalue weighted by molar-refractivity contribution is 7.99. The zero-order valence-electron chi connectivity index (χ0n) is 19.0.